The number of hydrogen-bond donors (Lipinski definition) is 1. The molecular weight excluding hydrogens is 227 g/mol. The maximum atomic E-state index is 12.2. The highest BCUT2D eigenvalue weighted by molar-refractivity contribution is 5.88. The summed E-state index contributed by atoms with van der Waals surface area (Å²) in [5, 5.41) is 11.0. The number of nitrogens with zero attached hydrogens (tertiary/aromatic N) is 2. The summed E-state index contributed by atoms with van der Waals surface area (Å²) in [6, 6.07) is 0. The van der Waals surface area contributed by atoms with Gasteiger partial charge in [-0.1, -0.05) is 0 Å². The van der Waals surface area contributed by atoms with Gasteiger partial charge in [0.1, 0.15) is 5.56 Å². The number of halogens is 5. The lowest BCUT2D eigenvalue weighted by Gasteiger charge is -2.10. The van der Waals surface area contributed by atoms with Gasteiger partial charge >= 0.3 is 18.7 Å². The van der Waals surface area contributed by atoms with Crippen molar-refractivity contribution in [1.29, 1.82) is 0 Å². The Balaban J connectivity index is 3.40. The maximum Gasteiger partial charge on any atom is 0.434 e. The molecule has 0 fully saturated rings. The summed E-state index contributed by atoms with van der Waals surface area (Å²) in [6.07, 6.45) is -4.96. The number of rotatable bonds is 2. The van der Waals surface area contributed by atoms with Crippen molar-refractivity contribution >= 4 is 5.97 Å². The van der Waals surface area contributed by atoms with Gasteiger partial charge in [0.15, 0.2) is 5.69 Å². The first-order valence-electron chi connectivity index (χ1n) is 3.41. The maximum absolute atomic E-state index is 12.2. The molecule has 84 valence electrons. The Kier molecular flexibility index (Phi) is 2.65. The van der Waals surface area contributed by atoms with Crippen molar-refractivity contribution in [3.8, 4) is 0 Å². The van der Waals surface area contributed by atoms with Crippen LogP contribution in [0.2, 0.25) is 0 Å². The number of alkyl halides is 5. The second-order valence-corrected chi connectivity index (χ2v) is 2.43. The zero-order valence-electron chi connectivity index (χ0n) is 6.79. The van der Waals surface area contributed by atoms with E-state index in [1.54, 1.807) is 0 Å². The predicted octanol–water partition coefficient (Wildman–Crippen LogP) is 2.00. The van der Waals surface area contributed by atoms with E-state index in [1.165, 1.54) is 0 Å². The van der Waals surface area contributed by atoms with E-state index in [9.17, 15) is 26.7 Å². The molecule has 1 N–H and O–H groups in total. The van der Waals surface area contributed by atoms with Crippen LogP contribution in [0.15, 0.2) is 6.20 Å². The summed E-state index contributed by atoms with van der Waals surface area (Å²) < 4.78 is 60.0. The molecule has 0 saturated carbocycles. The fraction of sp³-hybridized carbons (Fsp3) is 0.333. The average molecular weight is 230 g/mol. The molecule has 1 heterocycles. The summed E-state index contributed by atoms with van der Waals surface area (Å²) in [7, 11) is 0. The van der Waals surface area contributed by atoms with Gasteiger partial charge in [-0.3, -0.25) is 0 Å². The summed E-state index contributed by atoms with van der Waals surface area (Å²) >= 11 is 0. The van der Waals surface area contributed by atoms with Gasteiger partial charge in [0.25, 0.3) is 0 Å². The Morgan fingerprint density at radius 3 is 2.33 bits per heavy atom. The molecule has 0 atom stereocenters. The minimum atomic E-state index is -5.19. The highest BCUT2D eigenvalue weighted by Crippen LogP contribution is 2.34. The Morgan fingerprint density at radius 1 is 1.47 bits per heavy atom. The summed E-state index contributed by atoms with van der Waals surface area (Å²) in [5.41, 5.74) is -3.27. The first kappa shape index (κ1) is 11.4. The van der Waals surface area contributed by atoms with Crippen LogP contribution in [0.4, 0.5) is 22.0 Å². The van der Waals surface area contributed by atoms with Crippen molar-refractivity contribution in [2.75, 3.05) is 0 Å². The second kappa shape index (κ2) is 3.48. The quantitative estimate of drug-likeness (QED) is 0.790. The number of carboxylic acid groups (broad SMARTS) is 1. The summed E-state index contributed by atoms with van der Waals surface area (Å²) in [5.74, 6) is -1.96. The third kappa shape index (κ3) is 2.05. The molecule has 1 rings (SSSR count). The third-order valence-electron chi connectivity index (χ3n) is 1.48. The Bertz CT molecular complexity index is 383. The zero-order chi connectivity index (χ0) is 11.8. The molecule has 4 nitrogen and oxygen atoms in total. The molecule has 0 aromatic carbocycles. The van der Waals surface area contributed by atoms with E-state index in [4.69, 9.17) is 5.11 Å². The SMILES string of the molecule is O=C(O)c1cnn(C(F)F)c1C(F)(F)F. The molecule has 15 heavy (non-hydrogen) atoms. The molecule has 0 unspecified atom stereocenters. The third-order valence-corrected chi connectivity index (χ3v) is 1.48. The van der Waals surface area contributed by atoms with Crippen molar-refractivity contribution in [3.05, 3.63) is 17.5 Å². The van der Waals surface area contributed by atoms with Gasteiger partial charge in [0.05, 0.1) is 6.20 Å². The smallest absolute Gasteiger partial charge is 0.434 e. The van der Waals surface area contributed by atoms with Crippen molar-refractivity contribution in [1.82, 2.24) is 9.78 Å². The number of aromatic carboxylic acids is 1. The van der Waals surface area contributed by atoms with Gasteiger partial charge in [-0.05, 0) is 0 Å². The number of carboxylic acids is 1. The van der Waals surface area contributed by atoms with Crippen molar-refractivity contribution in [2.45, 2.75) is 12.7 Å². The molecule has 9 heteroatoms. The lowest BCUT2D eigenvalue weighted by Crippen LogP contribution is -2.18. The Hall–Kier alpha value is -1.67. The van der Waals surface area contributed by atoms with E-state index in [0.29, 0.717) is 0 Å². The second-order valence-electron chi connectivity index (χ2n) is 2.43. The van der Waals surface area contributed by atoms with E-state index in [2.05, 4.69) is 5.10 Å². The average Bonchev–Trinajstić information content (AvgIpc) is 2.45. The van der Waals surface area contributed by atoms with Gasteiger partial charge < -0.3 is 5.11 Å². The Morgan fingerprint density at radius 2 is 2.00 bits per heavy atom. The molecule has 0 aliphatic heterocycles. The topological polar surface area (TPSA) is 55.1 Å². The molecule has 0 aliphatic rings. The van der Waals surface area contributed by atoms with Gasteiger partial charge in [0.2, 0.25) is 0 Å². The van der Waals surface area contributed by atoms with Gasteiger partial charge in [-0.25, -0.2) is 4.79 Å². The van der Waals surface area contributed by atoms with E-state index in [1.807, 2.05) is 0 Å². The standard InChI is InChI=1S/C6H3F5N2O2/c7-5(8)13-3(6(9,10)11)2(1-12-13)4(14)15/h1,5H,(H,14,15). The minimum absolute atomic E-state index is 0.233. The Labute approximate surface area is 78.9 Å². The van der Waals surface area contributed by atoms with Crippen LogP contribution >= 0.6 is 0 Å². The minimum Gasteiger partial charge on any atom is -0.478 e. The largest absolute Gasteiger partial charge is 0.478 e. The van der Waals surface area contributed by atoms with Crippen molar-refractivity contribution in [3.63, 3.8) is 0 Å². The fourth-order valence-corrected chi connectivity index (χ4v) is 0.949. The molecule has 1 aromatic heterocycles. The lowest BCUT2D eigenvalue weighted by molar-refractivity contribution is -0.150. The molecule has 0 radical (unpaired) electrons. The van der Waals surface area contributed by atoms with Crippen LogP contribution in [0.1, 0.15) is 22.6 Å². The zero-order valence-corrected chi connectivity index (χ0v) is 6.79. The van der Waals surface area contributed by atoms with Crippen LogP contribution in [0.3, 0.4) is 0 Å². The van der Waals surface area contributed by atoms with E-state index in [-0.39, 0.29) is 6.20 Å². The molecular formula is C6H3F5N2O2. The lowest BCUT2D eigenvalue weighted by atomic mass is 10.2. The summed E-state index contributed by atoms with van der Waals surface area (Å²) in [6.45, 7) is -3.55. The van der Waals surface area contributed by atoms with Gasteiger partial charge in [0, 0.05) is 0 Å². The first-order chi connectivity index (χ1) is 6.75. The molecule has 0 saturated heterocycles. The monoisotopic (exact) mass is 230 g/mol. The molecule has 1 aromatic rings. The number of hydrogen-bond acceptors (Lipinski definition) is 2. The summed E-state index contributed by atoms with van der Waals surface area (Å²) in [4.78, 5) is 10.3. The molecule has 0 spiro atoms. The normalized spacial score (nSPS) is 12.1. The van der Waals surface area contributed by atoms with Crippen molar-refractivity contribution < 1.29 is 31.9 Å². The van der Waals surface area contributed by atoms with Crippen LogP contribution in [-0.2, 0) is 6.18 Å². The van der Waals surface area contributed by atoms with Crippen LogP contribution in [0.25, 0.3) is 0 Å². The first-order valence-corrected chi connectivity index (χ1v) is 3.41. The van der Waals surface area contributed by atoms with Crippen molar-refractivity contribution in [2.24, 2.45) is 0 Å². The predicted molar refractivity (Wildman–Crippen MR) is 35.4 cm³/mol. The van der Waals surface area contributed by atoms with Gasteiger partial charge in [-0.15, -0.1) is 0 Å². The fourth-order valence-electron chi connectivity index (χ4n) is 0.949. The van der Waals surface area contributed by atoms with Gasteiger partial charge in [-0.2, -0.15) is 31.7 Å². The number of aromatic nitrogens is 2. The van der Waals surface area contributed by atoms with Crippen LogP contribution in [0, 0.1) is 0 Å². The highest BCUT2D eigenvalue weighted by atomic mass is 19.4. The molecule has 0 bridgehead atoms. The van der Waals surface area contributed by atoms with Crippen LogP contribution in [0.5, 0.6) is 0 Å². The highest BCUT2D eigenvalue weighted by Gasteiger charge is 2.41. The molecule has 0 aliphatic carbocycles. The van der Waals surface area contributed by atoms with E-state index >= 15 is 0 Å². The van der Waals surface area contributed by atoms with E-state index < -0.39 is 34.6 Å². The van der Waals surface area contributed by atoms with Crippen LogP contribution < -0.4 is 0 Å². The van der Waals surface area contributed by atoms with E-state index in [0.717, 1.165) is 0 Å². The number of carbonyl (C=O) groups is 1. The molecule has 0 amide bonds. The van der Waals surface area contributed by atoms with Crippen LogP contribution in [-0.4, -0.2) is 20.9 Å².